The lowest BCUT2D eigenvalue weighted by atomic mass is 9.83. The molecular weight excluding hydrogens is 276 g/mol. The summed E-state index contributed by atoms with van der Waals surface area (Å²) < 4.78 is 10.8. The fraction of sp³-hybridized carbons (Fsp3) is 0.421. The molecule has 0 heterocycles. The van der Waals surface area contributed by atoms with E-state index < -0.39 is 0 Å². The maximum Gasteiger partial charge on any atom is 0.305 e. The molecule has 0 aliphatic heterocycles. The standard InChI is InChI=1S/C19H24O3/c1-3-22-18(20)12-8-14-19(21-2)13-7-11-17(15-19)16-9-5-4-6-10-16/h4-7,9-11,13H,3,8,12,14-15H2,1-2H3. The van der Waals surface area contributed by atoms with E-state index in [1.165, 1.54) is 11.1 Å². The summed E-state index contributed by atoms with van der Waals surface area (Å²) in [5.74, 6) is -0.132. The second kappa shape index (κ2) is 7.95. The van der Waals surface area contributed by atoms with Crippen molar-refractivity contribution in [1.82, 2.24) is 0 Å². The fourth-order valence-corrected chi connectivity index (χ4v) is 2.81. The number of ether oxygens (including phenoxy) is 2. The van der Waals surface area contributed by atoms with E-state index in [2.05, 4.69) is 30.4 Å². The molecular formula is C19H24O3. The summed E-state index contributed by atoms with van der Waals surface area (Å²) in [6.07, 6.45) is 9.13. The molecule has 1 aromatic rings. The lowest BCUT2D eigenvalue weighted by Crippen LogP contribution is -2.31. The molecule has 1 unspecified atom stereocenters. The third kappa shape index (κ3) is 4.31. The maximum absolute atomic E-state index is 11.5. The smallest absolute Gasteiger partial charge is 0.305 e. The van der Waals surface area contributed by atoms with Gasteiger partial charge < -0.3 is 9.47 Å². The van der Waals surface area contributed by atoms with E-state index in [0.717, 1.165) is 19.3 Å². The fourth-order valence-electron chi connectivity index (χ4n) is 2.81. The Morgan fingerprint density at radius 2 is 2.05 bits per heavy atom. The van der Waals surface area contributed by atoms with Crippen molar-refractivity contribution < 1.29 is 14.3 Å². The minimum atomic E-state index is -0.327. The van der Waals surface area contributed by atoms with Gasteiger partial charge in [0.05, 0.1) is 12.2 Å². The Hall–Kier alpha value is -1.87. The van der Waals surface area contributed by atoms with Crippen molar-refractivity contribution in [2.45, 2.75) is 38.2 Å². The molecule has 0 radical (unpaired) electrons. The van der Waals surface area contributed by atoms with Crippen LogP contribution in [0.25, 0.3) is 5.57 Å². The van der Waals surface area contributed by atoms with Gasteiger partial charge in [-0.15, -0.1) is 0 Å². The highest BCUT2D eigenvalue weighted by Gasteiger charge is 2.30. The summed E-state index contributed by atoms with van der Waals surface area (Å²) in [5.41, 5.74) is 2.16. The van der Waals surface area contributed by atoms with Crippen LogP contribution in [0.3, 0.4) is 0 Å². The van der Waals surface area contributed by atoms with Crippen LogP contribution in [-0.4, -0.2) is 25.3 Å². The van der Waals surface area contributed by atoms with Crippen LogP contribution in [0, 0.1) is 0 Å². The predicted molar refractivity (Wildman–Crippen MR) is 88.4 cm³/mol. The molecule has 1 aliphatic carbocycles. The minimum Gasteiger partial charge on any atom is -0.466 e. The number of hydrogen-bond donors (Lipinski definition) is 0. The normalized spacial score (nSPS) is 20.5. The molecule has 0 saturated carbocycles. The van der Waals surface area contributed by atoms with Crippen LogP contribution >= 0.6 is 0 Å². The Kier molecular flexibility index (Phi) is 5.96. The van der Waals surface area contributed by atoms with Crippen molar-refractivity contribution in [3.05, 3.63) is 54.1 Å². The predicted octanol–water partition coefficient (Wildman–Crippen LogP) is 4.15. The van der Waals surface area contributed by atoms with Gasteiger partial charge in [-0.1, -0.05) is 48.6 Å². The van der Waals surface area contributed by atoms with Crippen molar-refractivity contribution in [3.63, 3.8) is 0 Å². The molecule has 22 heavy (non-hydrogen) atoms. The number of carbonyl (C=O) groups is 1. The maximum atomic E-state index is 11.5. The number of esters is 1. The zero-order valence-corrected chi connectivity index (χ0v) is 13.4. The van der Waals surface area contributed by atoms with Crippen LogP contribution in [0.1, 0.15) is 38.2 Å². The summed E-state index contributed by atoms with van der Waals surface area (Å²) in [4.78, 5) is 11.5. The number of rotatable bonds is 7. The first kappa shape index (κ1) is 16.5. The summed E-state index contributed by atoms with van der Waals surface area (Å²) >= 11 is 0. The van der Waals surface area contributed by atoms with Crippen molar-refractivity contribution in [3.8, 4) is 0 Å². The molecule has 0 saturated heterocycles. The van der Waals surface area contributed by atoms with Gasteiger partial charge in [-0.25, -0.2) is 0 Å². The number of methoxy groups -OCH3 is 1. The lowest BCUT2D eigenvalue weighted by Gasteiger charge is -2.32. The Labute approximate surface area is 132 Å². The van der Waals surface area contributed by atoms with Crippen LogP contribution in [0.15, 0.2) is 48.6 Å². The largest absolute Gasteiger partial charge is 0.466 e. The van der Waals surface area contributed by atoms with E-state index in [1.807, 2.05) is 25.1 Å². The van der Waals surface area contributed by atoms with Crippen molar-refractivity contribution in [2.24, 2.45) is 0 Å². The molecule has 0 spiro atoms. The molecule has 1 aliphatic rings. The van der Waals surface area contributed by atoms with E-state index in [0.29, 0.717) is 13.0 Å². The Balaban J connectivity index is 1.98. The highest BCUT2D eigenvalue weighted by Crippen LogP contribution is 2.35. The van der Waals surface area contributed by atoms with Crippen molar-refractivity contribution >= 4 is 11.5 Å². The average Bonchev–Trinajstić information content (AvgIpc) is 2.56. The monoisotopic (exact) mass is 300 g/mol. The number of hydrogen-bond acceptors (Lipinski definition) is 3. The number of benzene rings is 1. The van der Waals surface area contributed by atoms with Crippen LogP contribution in [0.2, 0.25) is 0 Å². The first-order valence-electron chi connectivity index (χ1n) is 7.84. The van der Waals surface area contributed by atoms with Gasteiger partial charge in [0.15, 0.2) is 0 Å². The van der Waals surface area contributed by atoms with Crippen LogP contribution in [0.5, 0.6) is 0 Å². The molecule has 0 aromatic heterocycles. The highest BCUT2D eigenvalue weighted by atomic mass is 16.5. The molecule has 2 rings (SSSR count). The van der Waals surface area contributed by atoms with Crippen LogP contribution < -0.4 is 0 Å². The molecule has 3 heteroatoms. The van der Waals surface area contributed by atoms with E-state index in [4.69, 9.17) is 9.47 Å². The molecule has 0 N–H and O–H groups in total. The summed E-state index contributed by atoms with van der Waals surface area (Å²) in [7, 11) is 1.74. The van der Waals surface area contributed by atoms with Gasteiger partial charge in [-0.3, -0.25) is 4.79 Å². The van der Waals surface area contributed by atoms with Gasteiger partial charge >= 0.3 is 5.97 Å². The van der Waals surface area contributed by atoms with Gasteiger partial charge in [-0.05, 0) is 30.9 Å². The van der Waals surface area contributed by atoms with Crippen molar-refractivity contribution in [1.29, 1.82) is 0 Å². The van der Waals surface area contributed by atoms with Crippen LogP contribution in [-0.2, 0) is 14.3 Å². The molecule has 118 valence electrons. The summed E-state index contributed by atoms with van der Waals surface area (Å²) in [6, 6.07) is 10.3. The van der Waals surface area contributed by atoms with E-state index >= 15 is 0 Å². The lowest BCUT2D eigenvalue weighted by molar-refractivity contribution is -0.143. The molecule has 1 aromatic carbocycles. The first-order chi connectivity index (χ1) is 10.7. The van der Waals surface area contributed by atoms with E-state index in [-0.39, 0.29) is 11.6 Å². The van der Waals surface area contributed by atoms with Gasteiger partial charge in [-0.2, -0.15) is 0 Å². The van der Waals surface area contributed by atoms with E-state index in [1.54, 1.807) is 7.11 Å². The first-order valence-corrected chi connectivity index (χ1v) is 7.84. The summed E-state index contributed by atoms with van der Waals surface area (Å²) in [5, 5.41) is 0. The van der Waals surface area contributed by atoms with Gasteiger partial charge in [0, 0.05) is 20.0 Å². The summed E-state index contributed by atoms with van der Waals surface area (Å²) in [6.45, 7) is 2.27. The Bertz CT molecular complexity index is 545. The molecule has 3 nitrogen and oxygen atoms in total. The van der Waals surface area contributed by atoms with E-state index in [9.17, 15) is 4.79 Å². The number of allylic oxidation sites excluding steroid dienone is 2. The SMILES string of the molecule is CCOC(=O)CCCC1(OC)C=CC=C(c2ccccc2)C1. The average molecular weight is 300 g/mol. The molecule has 1 atom stereocenters. The molecule has 0 bridgehead atoms. The Morgan fingerprint density at radius 3 is 2.73 bits per heavy atom. The van der Waals surface area contributed by atoms with Crippen LogP contribution in [0.4, 0.5) is 0 Å². The quantitative estimate of drug-likeness (QED) is 0.710. The number of carbonyl (C=O) groups excluding carboxylic acids is 1. The zero-order valence-electron chi connectivity index (χ0n) is 13.4. The van der Waals surface area contributed by atoms with Gasteiger partial charge in [0.1, 0.15) is 0 Å². The minimum absolute atomic E-state index is 0.132. The van der Waals surface area contributed by atoms with Gasteiger partial charge in [0.25, 0.3) is 0 Å². The second-order valence-corrected chi connectivity index (χ2v) is 5.52. The Morgan fingerprint density at radius 1 is 1.27 bits per heavy atom. The third-order valence-electron chi connectivity index (χ3n) is 4.02. The third-order valence-corrected chi connectivity index (χ3v) is 4.02. The second-order valence-electron chi connectivity index (χ2n) is 5.52. The molecule has 0 fully saturated rings. The topological polar surface area (TPSA) is 35.5 Å². The zero-order chi connectivity index (χ0) is 15.8. The van der Waals surface area contributed by atoms with Gasteiger partial charge in [0.2, 0.25) is 0 Å². The highest BCUT2D eigenvalue weighted by molar-refractivity contribution is 5.70. The van der Waals surface area contributed by atoms with Crippen molar-refractivity contribution in [2.75, 3.05) is 13.7 Å². The molecule has 0 amide bonds.